The molecule has 0 aliphatic carbocycles. The van der Waals surface area contributed by atoms with Crippen LogP contribution in [0.25, 0.3) is 0 Å². The normalized spacial score (nSPS) is 10.4. The topological polar surface area (TPSA) is 62.2 Å². The largest absolute Gasteiger partial charge is 0.477 e. The number of carboxylic acid groups (broad SMARTS) is 1. The van der Waals surface area contributed by atoms with Gasteiger partial charge < -0.3 is 10.4 Å². The van der Waals surface area contributed by atoms with Crippen LogP contribution in [0.2, 0.25) is 0 Å². The van der Waals surface area contributed by atoms with E-state index in [-0.39, 0.29) is 5.69 Å². The Kier molecular flexibility index (Phi) is 4.85. The lowest BCUT2D eigenvalue weighted by Crippen LogP contribution is -2.18. The smallest absolute Gasteiger partial charge is 0.354 e. The molecule has 0 aliphatic rings. The molecule has 104 valence electrons. The van der Waals surface area contributed by atoms with Crippen LogP contribution in [0.5, 0.6) is 0 Å². The number of aromatic nitrogens is 1. The molecule has 2 aromatic rings. The summed E-state index contributed by atoms with van der Waals surface area (Å²) in [5, 5.41) is 12.2. The van der Waals surface area contributed by atoms with Gasteiger partial charge in [-0.1, -0.05) is 30.3 Å². The van der Waals surface area contributed by atoms with E-state index in [9.17, 15) is 4.79 Å². The van der Waals surface area contributed by atoms with E-state index in [0.717, 1.165) is 18.7 Å². The molecule has 0 atom stereocenters. The third kappa shape index (κ3) is 3.90. The van der Waals surface area contributed by atoms with E-state index in [4.69, 9.17) is 5.11 Å². The summed E-state index contributed by atoms with van der Waals surface area (Å²) in [7, 11) is 0. The standard InChI is InChI=1S/C16H18N2O2/c1-12-5-2-3-6-13(12)9-10-17-11-14-7-4-8-15(18-14)16(19)20/h2-8,17H,9-11H2,1H3,(H,19,20). The Morgan fingerprint density at radius 1 is 1.20 bits per heavy atom. The highest BCUT2D eigenvalue weighted by Gasteiger charge is 2.04. The lowest BCUT2D eigenvalue weighted by Gasteiger charge is -2.07. The molecular formula is C16H18N2O2. The van der Waals surface area contributed by atoms with Crippen LogP contribution in [0, 0.1) is 6.92 Å². The van der Waals surface area contributed by atoms with Gasteiger partial charge in [0.2, 0.25) is 0 Å². The lowest BCUT2D eigenvalue weighted by atomic mass is 10.1. The molecule has 1 aromatic carbocycles. The number of nitrogens with one attached hydrogen (secondary N) is 1. The van der Waals surface area contributed by atoms with E-state index in [1.54, 1.807) is 6.07 Å². The Bertz CT molecular complexity index is 597. The zero-order valence-corrected chi connectivity index (χ0v) is 11.5. The molecule has 2 rings (SSSR count). The molecule has 4 nitrogen and oxygen atoms in total. The van der Waals surface area contributed by atoms with Gasteiger partial charge in [0.1, 0.15) is 5.69 Å². The number of carbonyl (C=O) groups is 1. The number of pyridine rings is 1. The first-order valence-corrected chi connectivity index (χ1v) is 6.61. The number of carboxylic acids is 1. The Morgan fingerprint density at radius 2 is 2.00 bits per heavy atom. The molecule has 0 bridgehead atoms. The van der Waals surface area contributed by atoms with Crippen molar-refractivity contribution >= 4 is 5.97 Å². The quantitative estimate of drug-likeness (QED) is 0.791. The third-order valence-electron chi connectivity index (χ3n) is 3.16. The van der Waals surface area contributed by atoms with Crippen LogP contribution in [0.3, 0.4) is 0 Å². The highest BCUT2D eigenvalue weighted by atomic mass is 16.4. The van der Waals surface area contributed by atoms with Crippen molar-refractivity contribution in [3.63, 3.8) is 0 Å². The molecule has 2 N–H and O–H groups in total. The molecule has 0 amide bonds. The van der Waals surface area contributed by atoms with Crippen molar-refractivity contribution in [3.8, 4) is 0 Å². The molecule has 0 unspecified atom stereocenters. The van der Waals surface area contributed by atoms with E-state index < -0.39 is 5.97 Å². The molecular weight excluding hydrogens is 252 g/mol. The van der Waals surface area contributed by atoms with Gasteiger partial charge in [-0.25, -0.2) is 9.78 Å². The van der Waals surface area contributed by atoms with Crippen molar-refractivity contribution < 1.29 is 9.90 Å². The molecule has 0 fully saturated rings. The SMILES string of the molecule is Cc1ccccc1CCNCc1cccc(C(=O)O)n1. The maximum absolute atomic E-state index is 10.8. The van der Waals surface area contributed by atoms with Crippen molar-refractivity contribution in [2.75, 3.05) is 6.54 Å². The number of aromatic carboxylic acids is 1. The summed E-state index contributed by atoms with van der Waals surface area (Å²) in [5.41, 5.74) is 3.45. The van der Waals surface area contributed by atoms with E-state index in [1.807, 2.05) is 18.2 Å². The summed E-state index contributed by atoms with van der Waals surface area (Å²) < 4.78 is 0. The Labute approximate surface area is 118 Å². The summed E-state index contributed by atoms with van der Waals surface area (Å²) in [4.78, 5) is 14.9. The second-order valence-electron chi connectivity index (χ2n) is 4.67. The van der Waals surface area contributed by atoms with Crippen LogP contribution < -0.4 is 5.32 Å². The average Bonchev–Trinajstić information content (AvgIpc) is 2.45. The number of rotatable bonds is 6. The fourth-order valence-corrected chi connectivity index (χ4v) is 2.03. The average molecular weight is 270 g/mol. The van der Waals surface area contributed by atoms with Crippen LogP contribution in [-0.4, -0.2) is 22.6 Å². The maximum atomic E-state index is 10.8. The minimum absolute atomic E-state index is 0.0863. The zero-order valence-electron chi connectivity index (χ0n) is 11.5. The van der Waals surface area contributed by atoms with E-state index in [2.05, 4.69) is 29.4 Å². The molecule has 20 heavy (non-hydrogen) atoms. The van der Waals surface area contributed by atoms with Gasteiger partial charge in [-0.3, -0.25) is 0 Å². The van der Waals surface area contributed by atoms with Gasteiger partial charge in [0.15, 0.2) is 0 Å². The predicted octanol–water partition coefficient (Wildman–Crippen LogP) is 2.42. The highest BCUT2D eigenvalue weighted by molar-refractivity contribution is 5.85. The minimum Gasteiger partial charge on any atom is -0.477 e. The van der Waals surface area contributed by atoms with Gasteiger partial charge in [-0.15, -0.1) is 0 Å². The Hall–Kier alpha value is -2.20. The number of benzene rings is 1. The Morgan fingerprint density at radius 3 is 2.75 bits per heavy atom. The molecule has 0 saturated carbocycles. The first-order valence-electron chi connectivity index (χ1n) is 6.61. The van der Waals surface area contributed by atoms with E-state index in [1.165, 1.54) is 17.2 Å². The van der Waals surface area contributed by atoms with Crippen LogP contribution in [0.15, 0.2) is 42.5 Å². The molecule has 0 spiro atoms. The molecule has 0 aliphatic heterocycles. The zero-order chi connectivity index (χ0) is 14.4. The van der Waals surface area contributed by atoms with Gasteiger partial charge in [0, 0.05) is 6.54 Å². The molecule has 1 heterocycles. The second-order valence-corrected chi connectivity index (χ2v) is 4.67. The van der Waals surface area contributed by atoms with Gasteiger partial charge in [0.25, 0.3) is 0 Å². The fraction of sp³-hybridized carbons (Fsp3) is 0.250. The number of aryl methyl sites for hydroxylation is 1. The minimum atomic E-state index is -0.994. The van der Waals surface area contributed by atoms with Crippen molar-refractivity contribution in [2.45, 2.75) is 19.9 Å². The number of hydrogen-bond acceptors (Lipinski definition) is 3. The van der Waals surface area contributed by atoms with Gasteiger partial charge in [-0.2, -0.15) is 0 Å². The molecule has 0 saturated heterocycles. The van der Waals surface area contributed by atoms with Crippen molar-refractivity contribution in [1.29, 1.82) is 0 Å². The summed E-state index contributed by atoms with van der Waals surface area (Å²) in [6, 6.07) is 13.3. The summed E-state index contributed by atoms with van der Waals surface area (Å²) >= 11 is 0. The van der Waals surface area contributed by atoms with E-state index in [0.29, 0.717) is 6.54 Å². The van der Waals surface area contributed by atoms with Crippen LogP contribution >= 0.6 is 0 Å². The second kappa shape index (κ2) is 6.82. The van der Waals surface area contributed by atoms with Gasteiger partial charge >= 0.3 is 5.97 Å². The first-order chi connectivity index (χ1) is 9.66. The lowest BCUT2D eigenvalue weighted by molar-refractivity contribution is 0.0690. The van der Waals surface area contributed by atoms with Crippen LogP contribution in [0.4, 0.5) is 0 Å². The van der Waals surface area contributed by atoms with E-state index >= 15 is 0 Å². The predicted molar refractivity (Wildman–Crippen MR) is 77.8 cm³/mol. The fourth-order valence-electron chi connectivity index (χ4n) is 2.03. The van der Waals surface area contributed by atoms with Crippen LogP contribution in [-0.2, 0) is 13.0 Å². The van der Waals surface area contributed by atoms with Crippen molar-refractivity contribution in [3.05, 3.63) is 65.0 Å². The number of hydrogen-bond donors (Lipinski definition) is 2. The van der Waals surface area contributed by atoms with Crippen LogP contribution in [0.1, 0.15) is 27.3 Å². The molecule has 4 heteroatoms. The van der Waals surface area contributed by atoms with Gasteiger partial charge in [0.05, 0.1) is 5.69 Å². The monoisotopic (exact) mass is 270 g/mol. The third-order valence-corrected chi connectivity index (χ3v) is 3.16. The maximum Gasteiger partial charge on any atom is 0.354 e. The highest BCUT2D eigenvalue weighted by Crippen LogP contribution is 2.07. The molecule has 0 radical (unpaired) electrons. The number of nitrogens with zero attached hydrogens (tertiary/aromatic N) is 1. The van der Waals surface area contributed by atoms with Crippen molar-refractivity contribution in [2.24, 2.45) is 0 Å². The molecule has 1 aromatic heterocycles. The Balaban J connectivity index is 1.83. The summed E-state index contributed by atoms with van der Waals surface area (Å²) in [6.07, 6.45) is 0.950. The summed E-state index contributed by atoms with van der Waals surface area (Å²) in [5.74, 6) is -0.994. The first kappa shape index (κ1) is 14.2. The van der Waals surface area contributed by atoms with Gasteiger partial charge in [-0.05, 0) is 43.1 Å². The summed E-state index contributed by atoms with van der Waals surface area (Å²) in [6.45, 7) is 3.52. The van der Waals surface area contributed by atoms with Crippen molar-refractivity contribution in [1.82, 2.24) is 10.3 Å².